The Morgan fingerprint density at radius 3 is 2.37 bits per heavy atom. The van der Waals surface area contributed by atoms with Crippen LogP contribution in [-0.2, 0) is 10.3 Å². The minimum absolute atomic E-state index is 0.124. The summed E-state index contributed by atoms with van der Waals surface area (Å²) in [5.41, 5.74) is -0.242. The molecular formula is C21H28N4O5. The second kappa shape index (κ2) is 8.06. The van der Waals surface area contributed by atoms with Crippen LogP contribution >= 0.6 is 0 Å². The standard InChI is InChI=1S/C21H28N4O5/c1-6-30-20(27)15-13-24(21(2,3)4)16-12-17(23-9-7-22(5)8-10-23)18(25(28)29)11-14(16)19(15)26/h11-13H,6-10H2,1-5H3. The van der Waals surface area contributed by atoms with Crippen LogP contribution in [0.2, 0.25) is 0 Å². The van der Waals surface area contributed by atoms with Crippen LogP contribution in [-0.4, -0.2) is 60.2 Å². The van der Waals surface area contributed by atoms with E-state index in [4.69, 9.17) is 4.74 Å². The number of nitro groups is 1. The molecule has 9 heteroatoms. The number of rotatable bonds is 4. The third kappa shape index (κ3) is 4.02. The van der Waals surface area contributed by atoms with Crippen molar-refractivity contribution in [1.82, 2.24) is 9.47 Å². The molecule has 2 heterocycles. The maximum absolute atomic E-state index is 13.1. The average molecular weight is 416 g/mol. The van der Waals surface area contributed by atoms with Gasteiger partial charge in [0.05, 0.1) is 22.4 Å². The molecule has 162 valence electrons. The van der Waals surface area contributed by atoms with Gasteiger partial charge in [0.15, 0.2) is 0 Å². The summed E-state index contributed by atoms with van der Waals surface area (Å²) in [5, 5.41) is 12.0. The van der Waals surface area contributed by atoms with Crippen molar-refractivity contribution >= 4 is 28.2 Å². The number of benzene rings is 1. The Bertz CT molecular complexity index is 1050. The van der Waals surface area contributed by atoms with E-state index in [0.717, 1.165) is 13.1 Å². The summed E-state index contributed by atoms with van der Waals surface area (Å²) in [7, 11) is 2.01. The SMILES string of the molecule is CCOC(=O)c1cn(C(C)(C)C)c2cc(N3CCN(C)CC3)c([N+](=O)[O-])cc2c1=O. The first-order valence-corrected chi connectivity index (χ1v) is 10.0. The number of hydrogen-bond donors (Lipinski definition) is 0. The van der Waals surface area contributed by atoms with Crippen LogP contribution in [0, 0.1) is 10.1 Å². The Morgan fingerprint density at radius 1 is 1.20 bits per heavy atom. The second-order valence-electron chi connectivity index (χ2n) is 8.54. The molecule has 9 nitrogen and oxygen atoms in total. The molecule has 1 aromatic heterocycles. The molecule has 0 bridgehead atoms. The number of fused-ring (bicyclic) bond motifs is 1. The highest BCUT2D eigenvalue weighted by atomic mass is 16.6. The summed E-state index contributed by atoms with van der Waals surface area (Å²) in [4.78, 5) is 41.0. The summed E-state index contributed by atoms with van der Waals surface area (Å²) in [6.45, 7) is 10.5. The molecular weight excluding hydrogens is 388 g/mol. The van der Waals surface area contributed by atoms with Crippen molar-refractivity contribution < 1.29 is 14.5 Å². The van der Waals surface area contributed by atoms with Crippen molar-refractivity contribution in [2.75, 3.05) is 44.7 Å². The van der Waals surface area contributed by atoms with Gasteiger partial charge < -0.3 is 19.1 Å². The third-order valence-electron chi connectivity index (χ3n) is 5.36. The average Bonchev–Trinajstić information content (AvgIpc) is 2.67. The Hall–Kier alpha value is -2.94. The first-order valence-electron chi connectivity index (χ1n) is 10.0. The van der Waals surface area contributed by atoms with Gasteiger partial charge in [-0.3, -0.25) is 14.9 Å². The summed E-state index contributed by atoms with van der Waals surface area (Å²) >= 11 is 0. The van der Waals surface area contributed by atoms with E-state index in [2.05, 4.69) is 4.90 Å². The zero-order valence-electron chi connectivity index (χ0n) is 18.1. The van der Waals surface area contributed by atoms with Gasteiger partial charge in [0.1, 0.15) is 11.3 Å². The maximum Gasteiger partial charge on any atom is 0.343 e. The minimum Gasteiger partial charge on any atom is -0.462 e. The number of nitrogens with zero attached hydrogens (tertiary/aromatic N) is 4. The third-order valence-corrected chi connectivity index (χ3v) is 5.36. The highest BCUT2D eigenvalue weighted by Crippen LogP contribution is 2.34. The molecule has 0 saturated carbocycles. The zero-order chi connectivity index (χ0) is 22.2. The van der Waals surface area contributed by atoms with E-state index in [1.54, 1.807) is 13.0 Å². The van der Waals surface area contributed by atoms with Crippen molar-refractivity contribution in [1.29, 1.82) is 0 Å². The molecule has 0 radical (unpaired) electrons. The number of anilines is 1. The summed E-state index contributed by atoms with van der Waals surface area (Å²) in [6.07, 6.45) is 1.50. The fraction of sp³-hybridized carbons (Fsp3) is 0.524. The zero-order valence-corrected chi connectivity index (χ0v) is 18.1. The van der Waals surface area contributed by atoms with E-state index in [9.17, 15) is 19.7 Å². The monoisotopic (exact) mass is 416 g/mol. The number of nitro benzene ring substituents is 1. The number of ether oxygens (including phenoxy) is 1. The topological polar surface area (TPSA) is 97.9 Å². The molecule has 3 rings (SSSR count). The molecule has 2 aromatic rings. The largest absolute Gasteiger partial charge is 0.462 e. The Labute approximate surface area is 175 Å². The van der Waals surface area contributed by atoms with Gasteiger partial charge in [-0.25, -0.2) is 4.79 Å². The summed E-state index contributed by atoms with van der Waals surface area (Å²) in [5.74, 6) is -0.729. The molecule has 0 unspecified atom stereocenters. The van der Waals surface area contributed by atoms with Crippen molar-refractivity contribution in [3.05, 3.63) is 44.2 Å². The molecule has 0 atom stereocenters. The molecule has 1 aliphatic heterocycles. The quantitative estimate of drug-likeness (QED) is 0.429. The molecule has 1 saturated heterocycles. The Balaban J connectivity index is 2.32. The van der Waals surface area contributed by atoms with E-state index in [1.807, 2.05) is 37.3 Å². The fourth-order valence-electron chi connectivity index (χ4n) is 3.71. The first-order chi connectivity index (χ1) is 14.0. The lowest BCUT2D eigenvalue weighted by molar-refractivity contribution is -0.384. The van der Waals surface area contributed by atoms with Crippen LogP contribution < -0.4 is 10.3 Å². The number of hydrogen-bond acceptors (Lipinski definition) is 7. The van der Waals surface area contributed by atoms with Gasteiger partial charge in [-0.1, -0.05) is 0 Å². The van der Waals surface area contributed by atoms with Crippen LogP contribution in [0.25, 0.3) is 10.9 Å². The van der Waals surface area contributed by atoms with Crippen LogP contribution in [0.15, 0.2) is 23.1 Å². The van der Waals surface area contributed by atoms with E-state index in [-0.39, 0.29) is 23.2 Å². The lowest BCUT2D eigenvalue weighted by Crippen LogP contribution is -2.44. The predicted octanol–water partition coefficient (Wildman–Crippen LogP) is 2.59. The van der Waals surface area contributed by atoms with E-state index in [0.29, 0.717) is 24.3 Å². The van der Waals surface area contributed by atoms with Gasteiger partial charge >= 0.3 is 5.97 Å². The number of carbonyl (C=O) groups excluding carboxylic acids is 1. The van der Waals surface area contributed by atoms with Gasteiger partial charge in [0, 0.05) is 44.0 Å². The van der Waals surface area contributed by atoms with Crippen molar-refractivity contribution in [3.8, 4) is 0 Å². The Kier molecular flexibility index (Phi) is 5.85. The predicted molar refractivity (Wildman–Crippen MR) is 116 cm³/mol. The second-order valence-corrected chi connectivity index (χ2v) is 8.54. The molecule has 30 heavy (non-hydrogen) atoms. The summed E-state index contributed by atoms with van der Waals surface area (Å²) < 4.78 is 6.85. The van der Waals surface area contributed by atoms with Crippen molar-refractivity contribution in [2.24, 2.45) is 0 Å². The van der Waals surface area contributed by atoms with Crippen LogP contribution in [0.4, 0.5) is 11.4 Å². The van der Waals surface area contributed by atoms with Gasteiger partial charge in [0.2, 0.25) is 5.43 Å². The minimum atomic E-state index is -0.729. The van der Waals surface area contributed by atoms with E-state index in [1.165, 1.54) is 12.3 Å². The van der Waals surface area contributed by atoms with Crippen LogP contribution in [0.3, 0.4) is 0 Å². The van der Waals surface area contributed by atoms with Crippen LogP contribution in [0.5, 0.6) is 0 Å². The highest BCUT2D eigenvalue weighted by Gasteiger charge is 2.28. The molecule has 1 aliphatic rings. The van der Waals surface area contributed by atoms with E-state index >= 15 is 0 Å². The summed E-state index contributed by atoms with van der Waals surface area (Å²) in [6, 6.07) is 3.01. The lowest BCUT2D eigenvalue weighted by Gasteiger charge is -2.34. The fourth-order valence-corrected chi connectivity index (χ4v) is 3.71. The molecule has 0 N–H and O–H groups in total. The smallest absolute Gasteiger partial charge is 0.343 e. The number of carbonyl (C=O) groups is 1. The van der Waals surface area contributed by atoms with Gasteiger partial charge in [-0.05, 0) is 40.8 Å². The van der Waals surface area contributed by atoms with Crippen molar-refractivity contribution in [2.45, 2.75) is 33.2 Å². The molecule has 0 amide bonds. The van der Waals surface area contributed by atoms with Gasteiger partial charge in [0.25, 0.3) is 5.69 Å². The number of piperazine rings is 1. The van der Waals surface area contributed by atoms with Gasteiger partial charge in [-0.2, -0.15) is 0 Å². The van der Waals surface area contributed by atoms with Gasteiger partial charge in [-0.15, -0.1) is 0 Å². The number of esters is 1. The van der Waals surface area contributed by atoms with Crippen LogP contribution in [0.1, 0.15) is 38.1 Å². The Morgan fingerprint density at radius 2 is 1.83 bits per heavy atom. The maximum atomic E-state index is 13.1. The molecule has 0 spiro atoms. The van der Waals surface area contributed by atoms with Crippen molar-refractivity contribution in [3.63, 3.8) is 0 Å². The number of pyridine rings is 1. The highest BCUT2D eigenvalue weighted by molar-refractivity contribution is 5.96. The lowest BCUT2D eigenvalue weighted by atomic mass is 10.0. The van der Waals surface area contributed by atoms with E-state index < -0.39 is 21.9 Å². The number of likely N-dealkylation sites (N-methyl/N-ethyl adjacent to an activating group) is 1. The number of aromatic nitrogens is 1. The normalized spacial score (nSPS) is 15.4. The molecule has 0 aliphatic carbocycles. The first kappa shape index (κ1) is 21.8. The molecule has 1 aromatic carbocycles. The molecule has 1 fully saturated rings.